The number of benzene rings is 1. The van der Waals surface area contributed by atoms with Crippen molar-refractivity contribution in [3.63, 3.8) is 0 Å². The van der Waals surface area contributed by atoms with E-state index in [4.69, 9.17) is 0 Å². The van der Waals surface area contributed by atoms with Crippen LogP contribution in [0.25, 0.3) is 0 Å². The molecule has 2 unspecified atom stereocenters. The number of carbonyl (C=O) groups is 2. The average molecular weight is 326 g/mol. The van der Waals surface area contributed by atoms with Gasteiger partial charge in [0.25, 0.3) is 0 Å². The molecule has 2 aliphatic rings. The molecule has 1 aliphatic heterocycles. The Morgan fingerprint density at radius 3 is 2.38 bits per heavy atom. The van der Waals surface area contributed by atoms with Crippen LogP contribution in [0.5, 0.6) is 0 Å². The zero-order chi connectivity index (χ0) is 16.9. The number of hydrogen-bond acceptors (Lipinski definition) is 2. The minimum absolute atomic E-state index is 0.0380. The Balaban J connectivity index is 1.72. The minimum Gasteiger partial charge on any atom is -0.342 e. The van der Waals surface area contributed by atoms with Crippen molar-refractivity contribution in [2.45, 2.75) is 39.0 Å². The number of hydrogen-bond donors (Lipinski definition) is 1. The van der Waals surface area contributed by atoms with Gasteiger partial charge >= 0.3 is 0 Å². The highest BCUT2D eigenvalue weighted by Gasteiger charge is 2.36. The lowest BCUT2D eigenvalue weighted by Gasteiger charge is -2.34. The Bertz CT molecular complexity index is 632. The number of para-hydroxylation sites is 1. The summed E-state index contributed by atoms with van der Waals surface area (Å²) >= 11 is 0. The van der Waals surface area contributed by atoms with E-state index < -0.39 is 0 Å². The van der Waals surface area contributed by atoms with Crippen molar-refractivity contribution in [2.24, 2.45) is 11.8 Å². The molecule has 2 atom stereocenters. The van der Waals surface area contributed by atoms with Crippen LogP contribution in [0.3, 0.4) is 0 Å². The number of piperidine rings is 1. The van der Waals surface area contributed by atoms with Gasteiger partial charge in [-0.2, -0.15) is 0 Å². The molecule has 1 saturated heterocycles. The molecule has 1 aromatic rings. The smallest absolute Gasteiger partial charge is 0.228 e. The van der Waals surface area contributed by atoms with E-state index in [1.807, 2.05) is 48.2 Å². The monoisotopic (exact) mass is 326 g/mol. The minimum atomic E-state index is -0.274. The number of nitrogens with zero attached hydrogens (tertiary/aromatic N) is 1. The lowest BCUT2D eigenvalue weighted by Crippen LogP contribution is -2.45. The summed E-state index contributed by atoms with van der Waals surface area (Å²) in [6.45, 7) is 3.66. The van der Waals surface area contributed by atoms with Gasteiger partial charge in [0, 0.05) is 18.8 Å². The summed E-state index contributed by atoms with van der Waals surface area (Å²) in [5, 5.41) is 3.02. The number of allylic oxidation sites excluding steroid dienone is 2. The van der Waals surface area contributed by atoms with Crippen molar-refractivity contribution in [3.05, 3.63) is 42.0 Å². The highest BCUT2D eigenvalue weighted by Crippen LogP contribution is 2.30. The van der Waals surface area contributed by atoms with Gasteiger partial charge < -0.3 is 10.2 Å². The Labute approximate surface area is 143 Å². The second-order valence-corrected chi connectivity index (χ2v) is 6.85. The highest BCUT2D eigenvalue weighted by molar-refractivity contribution is 5.97. The van der Waals surface area contributed by atoms with Crippen LogP contribution in [-0.4, -0.2) is 29.8 Å². The van der Waals surface area contributed by atoms with Crippen molar-refractivity contribution in [2.75, 3.05) is 18.4 Å². The van der Waals surface area contributed by atoms with E-state index in [0.29, 0.717) is 12.8 Å². The van der Waals surface area contributed by atoms with Crippen LogP contribution in [0, 0.1) is 18.8 Å². The van der Waals surface area contributed by atoms with Gasteiger partial charge in [0.15, 0.2) is 0 Å². The largest absolute Gasteiger partial charge is 0.342 e. The van der Waals surface area contributed by atoms with Crippen molar-refractivity contribution in [3.8, 4) is 0 Å². The molecule has 1 heterocycles. The third-order valence-corrected chi connectivity index (χ3v) is 5.16. The maximum absolute atomic E-state index is 12.9. The molecular weight excluding hydrogens is 300 g/mol. The quantitative estimate of drug-likeness (QED) is 0.864. The first kappa shape index (κ1) is 16.7. The van der Waals surface area contributed by atoms with Crippen LogP contribution in [0.15, 0.2) is 36.4 Å². The molecule has 1 aliphatic carbocycles. The number of amides is 2. The molecule has 1 fully saturated rings. The van der Waals surface area contributed by atoms with Gasteiger partial charge in [0.1, 0.15) is 0 Å². The first-order valence-corrected chi connectivity index (χ1v) is 8.97. The van der Waals surface area contributed by atoms with Gasteiger partial charge in [0.05, 0.1) is 11.8 Å². The molecule has 128 valence electrons. The van der Waals surface area contributed by atoms with E-state index in [1.165, 1.54) is 6.42 Å². The van der Waals surface area contributed by atoms with Gasteiger partial charge in [0.2, 0.25) is 11.8 Å². The van der Waals surface area contributed by atoms with Gasteiger partial charge in [-0.05, 0) is 50.7 Å². The van der Waals surface area contributed by atoms with Crippen LogP contribution in [0.2, 0.25) is 0 Å². The van der Waals surface area contributed by atoms with E-state index in [1.54, 1.807) is 0 Å². The van der Waals surface area contributed by atoms with Gasteiger partial charge in [-0.25, -0.2) is 0 Å². The van der Waals surface area contributed by atoms with Crippen molar-refractivity contribution in [1.29, 1.82) is 0 Å². The fourth-order valence-electron chi connectivity index (χ4n) is 3.66. The van der Waals surface area contributed by atoms with E-state index in [0.717, 1.165) is 37.2 Å². The van der Waals surface area contributed by atoms with E-state index in [9.17, 15) is 9.59 Å². The number of anilines is 1. The zero-order valence-corrected chi connectivity index (χ0v) is 14.3. The van der Waals surface area contributed by atoms with E-state index in [2.05, 4.69) is 5.32 Å². The lowest BCUT2D eigenvalue weighted by atomic mass is 9.81. The molecule has 24 heavy (non-hydrogen) atoms. The molecule has 0 radical (unpaired) electrons. The molecule has 0 aromatic heterocycles. The summed E-state index contributed by atoms with van der Waals surface area (Å²) in [4.78, 5) is 27.7. The molecule has 4 nitrogen and oxygen atoms in total. The van der Waals surface area contributed by atoms with Crippen LogP contribution in [0.1, 0.15) is 37.7 Å². The molecular formula is C20H26N2O2. The molecule has 3 rings (SSSR count). The van der Waals surface area contributed by atoms with Gasteiger partial charge in [-0.15, -0.1) is 0 Å². The molecule has 4 heteroatoms. The Kier molecular flexibility index (Phi) is 5.34. The van der Waals surface area contributed by atoms with Crippen LogP contribution >= 0.6 is 0 Å². The number of rotatable bonds is 3. The van der Waals surface area contributed by atoms with Crippen molar-refractivity contribution >= 4 is 17.5 Å². The van der Waals surface area contributed by atoms with Crippen molar-refractivity contribution in [1.82, 2.24) is 4.90 Å². The number of nitrogens with one attached hydrogen (secondary N) is 1. The SMILES string of the molecule is Cc1ccccc1NC(=O)C1CC=CCC1C(=O)N1CCCCC1. The second kappa shape index (κ2) is 7.65. The van der Waals surface area contributed by atoms with E-state index >= 15 is 0 Å². The molecule has 2 amide bonds. The molecule has 0 saturated carbocycles. The molecule has 1 aromatic carbocycles. The predicted octanol–water partition coefficient (Wildman–Crippen LogP) is 3.53. The molecule has 1 N–H and O–H groups in total. The van der Waals surface area contributed by atoms with Gasteiger partial charge in [-0.1, -0.05) is 30.4 Å². The Morgan fingerprint density at radius 1 is 1.00 bits per heavy atom. The Morgan fingerprint density at radius 2 is 1.67 bits per heavy atom. The maximum Gasteiger partial charge on any atom is 0.228 e. The molecule has 0 spiro atoms. The summed E-state index contributed by atoms with van der Waals surface area (Å²) in [6, 6.07) is 7.76. The first-order valence-electron chi connectivity index (χ1n) is 8.97. The topological polar surface area (TPSA) is 49.4 Å². The summed E-state index contributed by atoms with van der Waals surface area (Å²) < 4.78 is 0. The predicted molar refractivity (Wildman–Crippen MR) is 95.6 cm³/mol. The fraction of sp³-hybridized carbons (Fsp3) is 0.500. The van der Waals surface area contributed by atoms with Gasteiger partial charge in [-0.3, -0.25) is 9.59 Å². The van der Waals surface area contributed by atoms with E-state index in [-0.39, 0.29) is 23.7 Å². The number of likely N-dealkylation sites (tertiary alicyclic amines) is 1. The summed E-state index contributed by atoms with van der Waals surface area (Å²) in [5.41, 5.74) is 1.87. The highest BCUT2D eigenvalue weighted by atomic mass is 16.2. The normalized spacial score (nSPS) is 23.8. The van der Waals surface area contributed by atoms with Crippen LogP contribution in [0.4, 0.5) is 5.69 Å². The average Bonchev–Trinajstić information content (AvgIpc) is 2.63. The second-order valence-electron chi connectivity index (χ2n) is 6.85. The lowest BCUT2D eigenvalue weighted by molar-refractivity contribution is -0.141. The Hall–Kier alpha value is -2.10. The third-order valence-electron chi connectivity index (χ3n) is 5.16. The number of carbonyl (C=O) groups excluding carboxylic acids is 2. The third kappa shape index (κ3) is 3.69. The first-order chi connectivity index (χ1) is 11.7. The zero-order valence-electron chi connectivity index (χ0n) is 14.3. The molecule has 0 bridgehead atoms. The summed E-state index contributed by atoms with van der Waals surface area (Å²) in [7, 11) is 0. The summed E-state index contributed by atoms with van der Waals surface area (Å²) in [6.07, 6.45) is 8.74. The maximum atomic E-state index is 12.9. The summed E-state index contributed by atoms with van der Waals surface area (Å²) in [5.74, 6) is -0.380. The van der Waals surface area contributed by atoms with Crippen molar-refractivity contribution < 1.29 is 9.59 Å². The number of aryl methyl sites for hydroxylation is 1. The fourth-order valence-corrected chi connectivity index (χ4v) is 3.66. The van der Waals surface area contributed by atoms with Crippen LogP contribution in [-0.2, 0) is 9.59 Å². The standard InChI is InChI=1S/C20H26N2O2/c1-15-9-3-6-12-18(15)21-19(23)16-10-4-5-11-17(16)20(24)22-13-7-2-8-14-22/h3-6,9,12,16-17H,2,7-8,10-11,13-14H2,1H3,(H,21,23). The van der Waals surface area contributed by atoms with Crippen LogP contribution < -0.4 is 5.32 Å².